The number of hydrogen-bond donors (Lipinski definition) is 1. The molecule has 1 saturated heterocycles. The Bertz CT molecular complexity index is 735. The zero-order chi connectivity index (χ0) is 18.5. The van der Waals surface area contributed by atoms with Gasteiger partial charge in [0.15, 0.2) is 0 Å². The average molecular weight is 354 g/mol. The number of likely N-dealkylation sites (tertiary alicyclic amines) is 1. The fraction of sp³-hybridized carbons (Fsp3) is 0.524. The molecule has 1 aromatic heterocycles. The molecule has 140 valence electrons. The van der Waals surface area contributed by atoms with Gasteiger partial charge in [-0.1, -0.05) is 6.92 Å². The van der Waals surface area contributed by atoms with Crippen molar-refractivity contribution >= 4 is 5.91 Å². The monoisotopic (exact) mass is 354 g/mol. The summed E-state index contributed by atoms with van der Waals surface area (Å²) in [5.41, 5.74) is 3.76. The summed E-state index contributed by atoms with van der Waals surface area (Å²) >= 11 is 0. The zero-order valence-corrected chi connectivity index (χ0v) is 16.2. The highest BCUT2D eigenvalue weighted by Crippen LogP contribution is 2.15. The van der Waals surface area contributed by atoms with Crippen LogP contribution in [0.1, 0.15) is 47.9 Å². The van der Waals surface area contributed by atoms with Crippen molar-refractivity contribution < 1.29 is 4.79 Å². The number of hydrogen-bond acceptors (Lipinski definition) is 3. The standard InChI is InChI=1S/C21H30N4O/c1-16-6-4-12-24(15-16)13-5-11-22-21(26)19-7-9-20(10-8-19)25-18(3)14-17(2)23-25/h7-10,14,16H,4-6,11-13,15H2,1-3H3,(H,22,26). The zero-order valence-electron chi connectivity index (χ0n) is 16.2. The van der Waals surface area contributed by atoms with Crippen molar-refractivity contribution in [1.82, 2.24) is 20.0 Å². The van der Waals surface area contributed by atoms with Crippen molar-refractivity contribution in [3.8, 4) is 5.69 Å². The molecule has 3 rings (SSSR count). The lowest BCUT2D eigenvalue weighted by atomic mass is 10.0. The number of aryl methyl sites for hydroxylation is 2. The lowest BCUT2D eigenvalue weighted by Crippen LogP contribution is -2.36. The quantitative estimate of drug-likeness (QED) is 0.810. The number of carbonyl (C=O) groups is 1. The molecule has 0 spiro atoms. The summed E-state index contributed by atoms with van der Waals surface area (Å²) in [5, 5.41) is 7.51. The van der Waals surface area contributed by atoms with Gasteiger partial charge in [-0.25, -0.2) is 4.68 Å². The molecule has 2 aromatic rings. The van der Waals surface area contributed by atoms with Crippen LogP contribution in [0.5, 0.6) is 0 Å². The molecule has 2 heterocycles. The van der Waals surface area contributed by atoms with Crippen LogP contribution < -0.4 is 5.32 Å². The van der Waals surface area contributed by atoms with E-state index < -0.39 is 0 Å². The van der Waals surface area contributed by atoms with E-state index in [1.165, 1.54) is 25.9 Å². The van der Waals surface area contributed by atoms with Gasteiger partial charge in [-0.05, 0) is 82.4 Å². The van der Waals surface area contributed by atoms with Crippen molar-refractivity contribution in [1.29, 1.82) is 0 Å². The van der Waals surface area contributed by atoms with Gasteiger partial charge in [0, 0.05) is 24.3 Å². The van der Waals surface area contributed by atoms with E-state index in [2.05, 4.69) is 22.2 Å². The molecule has 0 aliphatic carbocycles. The Labute approximate surface area is 156 Å². The largest absolute Gasteiger partial charge is 0.352 e. The molecule has 1 N–H and O–H groups in total. The van der Waals surface area contributed by atoms with E-state index in [4.69, 9.17) is 0 Å². The molecule has 1 aliphatic heterocycles. The number of amides is 1. The van der Waals surface area contributed by atoms with Gasteiger partial charge in [0.1, 0.15) is 0 Å². The van der Waals surface area contributed by atoms with E-state index in [0.29, 0.717) is 5.56 Å². The van der Waals surface area contributed by atoms with Crippen LogP contribution in [-0.4, -0.2) is 46.8 Å². The van der Waals surface area contributed by atoms with E-state index in [1.54, 1.807) is 0 Å². The minimum atomic E-state index is -0.00284. The van der Waals surface area contributed by atoms with Gasteiger partial charge in [-0.15, -0.1) is 0 Å². The van der Waals surface area contributed by atoms with Crippen LogP contribution in [0.15, 0.2) is 30.3 Å². The number of aromatic nitrogens is 2. The van der Waals surface area contributed by atoms with E-state index in [-0.39, 0.29) is 5.91 Å². The number of nitrogens with zero attached hydrogens (tertiary/aromatic N) is 3. The summed E-state index contributed by atoms with van der Waals surface area (Å²) in [6, 6.07) is 9.68. The third kappa shape index (κ3) is 4.73. The molecule has 1 fully saturated rings. The second-order valence-electron chi connectivity index (χ2n) is 7.54. The van der Waals surface area contributed by atoms with Crippen LogP contribution >= 0.6 is 0 Å². The van der Waals surface area contributed by atoms with E-state index in [0.717, 1.165) is 42.5 Å². The van der Waals surface area contributed by atoms with Crippen LogP contribution in [0.3, 0.4) is 0 Å². The lowest BCUT2D eigenvalue weighted by Gasteiger charge is -2.30. The van der Waals surface area contributed by atoms with Gasteiger partial charge in [0.25, 0.3) is 5.91 Å². The van der Waals surface area contributed by atoms with E-state index in [1.807, 2.05) is 48.9 Å². The number of nitrogens with one attached hydrogen (secondary N) is 1. The summed E-state index contributed by atoms with van der Waals surface area (Å²) in [7, 11) is 0. The Morgan fingerprint density at radius 3 is 2.69 bits per heavy atom. The average Bonchev–Trinajstić information content (AvgIpc) is 2.97. The molecular formula is C21H30N4O. The lowest BCUT2D eigenvalue weighted by molar-refractivity contribution is 0.0950. The Morgan fingerprint density at radius 2 is 2.04 bits per heavy atom. The number of benzene rings is 1. The highest BCUT2D eigenvalue weighted by Gasteiger charge is 2.15. The van der Waals surface area contributed by atoms with Gasteiger partial charge in [-0.3, -0.25) is 4.79 Å². The molecule has 1 aliphatic rings. The van der Waals surface area contributed by atoms with Crippen LogP contribution in [0.25, 0.3) is 5.69 Å². The first-order valence-electron chi connectivity index (χ1n) is 9.67. The maximum atomic E-state index is 12.3. The predicted molar refractivity (Wildman–Crippen MR) is 105 cm³/mol. The molecule has 1 amide bonds. The summed E-state index contributed by atoms with van der Waals surface area (Å²) in [6.07, 6.45) is 3.65. The van der Waals surface area contributed by atoms with Gasteiger partial charge in [0.05, 0.1) is 11.4 Å². The summed E-state index contributed by atoms with van der Waals surface area (Å²) < 4.78 is 1.90. The predicted octanol–water partition coefficient (Wildman–Crippen LogP) is 3.34. The Kier molecular flexibility index (Phi) is 6.09. The number of piperidine rings is 1. The molecule has 0 radical (unpaired) electrons. The summed E-state index contributed by atoms with van der Waals surface area (Å²) in [6.45, 7) is 10.5. The first-order chi connectivity index (χ1) is 12.5. The smallest absolute Gasteiger partial charge is 0.251 e. The molecule has 1 unspecified atom stereocenters. The maximum Gasteiger partial charge on any atom is 0.251 e. The van der Waals surface area contributed by atoms with Crippen molar-refractivity contribution in [3.05, 3.63) is 47.3 Å². The first kappa shape index (κ1) is 18.6. The van der Waals surface area contributed by atoms with Crippen LogP contribution in [0, 0.1) is 19.8 Å². The SMILES string of the molecule is Cc1cc(C)n(-c2ccc(C(=O)NCCCN3CCCC(C)C3)cc2)n1. The van der Waals surface area contributed by atoms with Crippen LogP contribution in [0.2, 0.25) is 0 Å². The number of carbonyl (C=O) groups excluding carboxylic acids is 1. The van der Waals surface area contributed by atoms with Crippen LogP contribution in [-0.2, 0) is 0 Å². The van der Waals surface area contributed by atoms with E-state index in [9.17, 15) is 4.79 Å². The topological polar surface area (TPSA) is 50.2 Å². The Balaban J connectivity index is 1.47. The molecular weight excluding hydrogens is 324 g/mol. The maximum absolute atomic E-state index is 12.3. The van der Waals surface area contributed by atoms with Crippen molar-refractivity contribution in [2.24, 2.45) is 5.92 Å². The molecule has 5 heteroatoms. The second kappa shape index (κ2) is 8.49. The normalized spacial score (nSPS) is 18.0. The van der Waals surface area contributed by atoms with Crippen molar-refractivity contribution in [2.45, 2.75) is 40.0 Å². The molecule has 1 aromatic carbocycles. The van der Waals surface area contributed by atoms with Gasteiger partial charge in [-0.2, -0.15) is 5.10 Å². The fourth-order valence-corrected chi connectivity index (χ4v) is 3.74. The first-order valence-corrected chi connectivity index (χ1v) is 9.67. The molecule has 26 heavy (non-hydrogen) atoms. The molecule has 1 atom stereocenters. The van der Waals surface area contributed by atoms with E-state index >= 15 is 0 Å². The van der Waals surface area contributed by atoms with Crippen LogP contribution in [0.4, 0.5) is 0 Å². The second-order valence-corrected chi connectivity index (χ2v) is 7.54. The highest BCUT2D eigenvalue weighted by molar-refractivity contribution is 5.94. The fourth-order valence-electron chi connectivity index (χ4n) is 3.74. The summed E-state index contributed by atoms with van der Waals surface area (Å²) in [4.78, 5) is 14.8. The third-order valence-corrected chi connectivity index (χ3v) is 5.06. The Morgan fingerprint density at radius 1 is 1.27 bits per heavy atom. The third-order valence-electron chi connectivity index (χ3n) is 5.06. The van der Waals surface area contributed by atoms with Gasteiger partial charge >= 0.3 is 0 Å². The molecule has 0 saturated carbocycles. The van der Waals surface area contributed by atoms with Crippen molar-refractivity contribution in [3.63, 3.8) is 0 Å². The van der Waals surface area contributed by atoms with Crippen molar-refractivity contribution in [2.75, 3.05) is 26.2 Å². The molecule has 0 bridgehead atoms. The van der Waals surface area contributed by atoms with Gasteiger partial charge < -0.3 is 10.2 Å². The number of rotatable bonds is 6. The molecule has 5 nitrogen and oxygen atoms in total. The highest BCUT2D eigenvalue weighted by atomic mass is 16.1. The minimum absolute atomic E-state index is 0.00284. The van der Waals surface area contributed by atoms with Gasteiger partial charge in [0.2, 0.25) is 0 Å². The Hall–Kier alpha value is -2.14. The summed E-state index contributed by atoms with van der Waals surface area (Å²) in [5.74, 6) is 0.802. The minimum Gasteiger partial charge on any atom is -0.352 e.